The third-order valence-electron chi connectivity index (χ3n) is 6.24. The number of likely N-dealkylation sites (tertiary alicyclic amines) is 1. The number of piperazine rings is 1. The summed E-state index contributed by atoms with van der Waals surface area (Å²) in [6.45, 7) is 8.47. The number of guanidine groups is 1. The number of anilines is 1. The number of benzene rings is 1. The fourth-order valence-electron chi connectivity index (χ4n) is 4.47. The van der Waals surface area contributed by atoms with Crippen molar-refractivity contribution in [3.63, 3.8) is 0 Å². The Labute approximate surface area is 203 Å². The molecule has 7 heteroatoms. The second-order valence-electron chi connectivity index (χ2n) is 8.28. The molecule has 168 valence electrons. The van der Waals surface area contributed by atoms with Gasteiger partial charge in [0.1, 0.15) is 5.82 Å². The molecule has 2 saturated heterocycles. The van der Waals surface area contributed by atoms with Gasteiger partial charge in [0.25, 0.3) is 0 Å². The van der Waals surface area contributed by atoms with E-state index in [2.05, 4.69) is 72.5 Å². The smallest absolute Gasteiger partial charge is 0.193 e. The SMILES string of the molecule is CN=C(NCC1CCN(CCc2ccccc2)C1)N1CCN(c2ccccn2)CC1.I. The average molecular weight is 534 g/mol. The summed E-state index contributed by atoms with van der Waals surface area (Å²) in [4.78, 5) is 16.4. The van der Waals surface area contributed by atoms with Crippen molar-refractivity contribution in [3.8, 4) is 0 Å². The summed E-state index contributed by atoms with van der Waals surface area (Å²) in [5.41, 5.74) is 1.43. The monoisotopic (exact) mass is 534 g/mol. The van der Waals surface area contributed by atoms with Crippen molar-refractivity contribution in [1.29, 1.82) is 0 Å². The maximum Gasteiger partial charge on any atom is 0.193 e. The highest BCUT2D eigenvalue weighted by molar-refractivity contribution is 14.0. The number of halogens is 1. The summed E-state index contributed by atoms with van der Waals surface area (Å²) in [7, 11) is 1.90. The number of nitrogens with one attached hydrogen (secondary N) is 1. The average Bonchev–Trinajstić information content (AvgIpc) is 3.28. The molecule has 2 fully saturated rings. The first-order valence-corrected chi connectivity index (χ1v) is 11.2. The Kier molecular flexibility index (Phi) is 9.39. The van der Waals surface area contributed by atoms with Gasteiger partial charge in [0.2, 0.25) is 0 Å². The quantitative estimate of drug-likeness (QED) is 0.351. The lowest BCUT2D eigenvalue weighted by atomic mass is 10.1. The Hall–Kier alpha value is -1.87. The molecule has 31 heavy (non-hydrogen) atoms. The highest BCUT2D eigenvalue weighted by Gasteiger charge is 2.24. The second kappa shape index (κ2) is 12.2. The summed E-state index contributed by atoms with van der Waals surface area (Å²) in [5.74, 6) is 2.81. The lowest BCUT2D eigenvalue weighted by Crippen LogP contribution is -2.53. The van der Waals surface area contributed by atoms with Crippen LogP contribution in [0.25, 0.3) is 0 Å². The van der Waals surface area contributed by atoms with E-state index in [0.717, 1.165) is 57.5 Å². The van der Waals surface area contributed by atoms with Crippen molar-refractivity contribution >= 4 is 35.8 Å². The molecule has 0 saturated carbocycles. The van der Waals surface area contributed by atoms with Gasteiger partial charge in [-0.1, -0.05) is 36.4 Å². The Morgan fingerprint density at radius 2 is 1.81 bits per heavy atom. The Morgan fingerprint density at radius 1 is 1.03 bits per heavy atom. The predicted molar refractivity (Wildman–Crippen MR) is 139 cm³/mol. The molecule has 1 aromatic heterocycles. The molecule has 2 aliphatic heterocycles. The molecule has 1 unspecified atom stereocenters. The van der Waals surface area contributed by atoms with E-state index in [1.807, 2.05) is 19.3 Å². The van der Waals surface area contributed by atoms with Gasteiger partial charge < -0.3 is 20.0 Å². The van der Waals surface area contributed by atoms with E-state index in [1.165, 1.54) is 25.1 Å². The van der Waals surface area contributed by atoms with Crippen LogP contribution < -0.4 is 10.2 Å². The van der Waals surface area contributed by atoms with Crippen molar-refractivity contribution in [2.45, 2.75) is 12.8 Å². The summed E-state index contributed by atoms with van der Waals surface area (Å²) < 4.78 is 0. The third kappa shape index (κ3) is 6.80. The van der Waals surface area contributed by atoms with E-state index < -0.39 is 0 Å². The molecule has 2 aliphatic rings. The van der Waals surface area contributed by atoms with Crippen LogP contribution in [-0.2, 0) is 6.42 Å². The van der Waals surface area contributed by atoms with Crippen LogP contribution in [0.4, 0.5) is 5.82 Å². The number of aromatic nitrogens is 1. The summed E-state index contributed by atoms with van der Waals surface area (Å²) in [5, 5.41) is 3.65. The normalized spacial score (nSPS) is 19.9. The molecule has 0 bridgehead atoms. The molecule has 6 nitrogen and oxygen atoms in total. The van der Waals surface area contributed by atoms with E-state index in [9.17, 15) is 0 Å². The minimum Gasteiger partial charge on any atom is -0.356 e. The van der Waals surface area contributed by atoms with Crippen molar-refractivity contribution < 1.29 is 0 Å². The molecule has 3 heterocycles. The zero-order chi connectivity index (χ0) is 20.6. The van der Waals surface area contributed by atoms with Crippen LogP contribution in [0.15, 0.2) is 59.7 Å². The molecular weight excluding hydrogens is 499 g/mol. The minimum absolute atomic E-state index is 0. The molecule has 0 spiro atoms. The first-order valence-electron chi connectivity index (χ1n) is 11.2. The molecule has 4 rings (SSSR count). The van der Waals surface area contributed by atoms with E-state index in [0.29, 0.717) is 5.92 Å². The van der Waals surface area contributed by atoms with Gasteiger partial charge >= 0.3 is 0 Å². The fourth-order valence-corrected chi connectivity index (χ4v) is 4.47. The number of rotatable bonds is 6. The maximum absolute atomic E-state index is 4.55. The summed E-state index contributed by atoms with van der Waals surface area (Å²) in [6.07, 6.45) is 4.28. The highest BCUT2D eigenvalue weighted by Crippen LogP contribution is 2.17. The lowest BCUT2D eigenvalue weighted by molar-refractivity contribution is 0.325. The molecule has 0 amide bonds. The van der Waals surface area contributed by atoms with E-state index in [4.69, 9.17) is 0 Å². The van der Waals surface area contributed by atoms with Gasteiger partial charge in [0.15, 0.2) is 5.96 Å². The third-order valence-corrected chi connectivity index (χ3v) is 6.24. The zero-order valence-electron chi connectivity index (χ0n) is 18.5. The zero-order valence-corrected chi connectivity index (χ0v) is 20.8. The van der Waals surface area contributed by atoms with Gasteiger partial charge in [-0.25, -0.2) is 4.98 Å². The standard InChI is InChI=1S/C24H34N6.HI/c1-25-24(30-17-15-29(16-18-30)23-9-5-6-12-26-23)27-19-22-11-14-28(20-22)13-10-21-7-3-2-4-8-21;/h2-9,12,22H,10-11,13-20H2,1H3,(H,25,27);1H. The summed E-state index contributed by atoms with van der Waals surface area (Å²) in [6, 6.07) is 16.9. The molecular formula is C24H35IN6. The van der Waals surface area contributed by atoms with Crippen LogP contribution in [0.3, 0.4) is 0 Å². The second-order valence-corrected chi connectivity index (χ2v) is 8.28. The largest absolute Gasteiger partial charge is 0.356 e. The van der Waals surface area contributed by atoms with Crippen molar-refractivity contribution in [2.24, 2.45) is 10.9 Å². The van der Waals surface area contributed by atoms with Crippen molar-refractivity contribution in [1.82, 2.24) is 20.1 Å². The predicted octanol–water partition coefficient (Wildman–Crippen LogP) is 2.96. The molecule has 2 aromatic rings. The van der Waals surface area contributed by atoms with Gasteiger partial charge in [-0.05, 0) is 43.0 Å². The number of hydrogen-bond donors (Lipinski definition) is 1. The topological polar surface area (TPSA) is 47.0 Å². The van der Waals surface area contributed by atoms with Crippen LogP contribution in [0.5, 0.6) is 0 Å². The number of hydrogen-bond acceptors (Lipinski definition) is 4. The molecule has 0 aliphatic carbocycles. The summed E-state index contributed by atoms with van der Waals surface area (Å²) >= 11 is 0. The molecule has 1 N–H and O–H groups in total. The van der Waals surface area contributed by atoms with Crippen molar-refractivity contribution in [2.75, 3.05) is 64.3 Å². The van der Waals surface area contributed by atoms with Gasteiger partial charge in [0.05, 0.1) is 0 Å². The van der Waals surface area contributed by atoms with E-state index in [-0.39, 0.29) is 24.0 Å². The van der Waals surface area contributed by atoms with Gasteiger partial charge in [-0.3, -0.25) is 4.99 Å². The first kappa shape index (κ1) is 23.8. The Bertz CT molecular complexity index is 792. The number of pyridine rings is 1. The Balaban J connectivity index is 0.00000272. The molecule has 1 atom stereocenters. The highest BCUT2D eigenvalue weighted by atomic mass is 127. The molecule has 1 aromatic carbocycles. The Morgan fingerprint density at radius 3 is 2.52 bits per heavy atom. The fraction of sp³-hybridized carbons (Fsp3) is 0.500. The molecule has 0 radical (unpaired) electrons. The van der Waals surface area contributed by atoms with Crippen LogP contribution in [0, 0.1) is 5.92 Å². The number of aliphatic imine (C=N–C) groups is 1. The minimum atomic E-state index is 0. The van der Waals surface area contributed by atoms with Gasteiger partial charge in [-0.2, -0.15) is 0 Å². The van der Waals surface area contributed by atoms with Crippen LogP contribution in [-0.4, -0.2) is 80.1 Å². The van der Waals surface area contributed by atoms with Crippen LogP contribution >= 0.6 is 24.0 Å². The van der Waals surface area contributed by atoms with Gasteiger partial charge in [0, 0.05) is 59.1 Å². The number of nitrogens with zero attached hydrogens (tertiary/aromatic N) is 5. The van der Waals surface area contributed by atoms with Crippen LogP contribution in [0.2, 0.25) is 0 Å². The van der Waals surface area contributed by atoms with Crippen LogP contribution in [0.1, 0.15) is 12.0 Å². The van der Waals surface area contributed by atoms with Crippen molar-refractivity contribution in [3.05, 3.63) is 60.3 Å². The maximum atomic E-state index is 4.55. The first-order chi connectivity index (χ1) is 14.8. The van der Waals surface area contributed by atoms with E-state index >= 15 is 0 Å². The lowest BCUT2D eigenvalue weighted by Gasteiger charge is -2.37. The van der Waals surface area contributed by atoms with Gasteiger partial charge in [-0.15, -0.1) is 24.0 Å². The van der Waals surface area contributed by atoms with E-state index in [1.54, 1.807) is 0 Å².